The molecule has 3 aromatic rings. The summed E-state index contributed by atoms with van der Waals surface area (Å²) < 4.78 is 12.0. The minimum Gasteiger partial charge on any atom is -0.488 e. The predicted molar refractivity (Wildman–Crippen MR) is 124 cm³/mol. The number of benzene rings is 1. The Labute approximate surface area is 187 Å². The zero-order chi connectivity index (χ0) is 21.8. The molecular weight excluding hydrogens is 406 g/mol. The molecule has 1 aromatic carbocycles. The molecule has 2 fully saturated rings. The molecule has 0 amide bonds. The van der Waals surface area contributed by atoms with Crippen LogP contribution in [0.2, 0.25) is 0 Å². The first-order valence-corrected chi connectivity index (χ1v) is 11.3. The molecule has 9 heteroatoms. The van der Waals surface area contributed by atoms with E-state index in [0.717, 1.165) is 80.3 Å². The Bertz CT molecular complexity index is 1050. The SMILES string of the molecule is CNc1nccc(N[C@H]2CC[C@@H](Oc3cc(N4CCOCC4)cc4nccnc34)CC2)n1. The van der Waals surface area contributed by atoms with Crippen molar-refractivity contribution >= 4 is 28.5 Å². The first-order valence-electron chi connectivity index (χ1n) is 11.3. The van der Waals surface area contributed by atoms with Crippen molar-refractivity contribution in [3.63, 3.8) is 0 Å². The van der Waals surface area contributed by atoms with Crippen LogP contribution in [0.3, 0.4) is 0 Å². The number of hydrogen-bond acceptors (Lipinski definition) is 9. The molecule has 0 radical (unpaired) electrons. The molecule has 5 rings (SSSR count). The van der Waals surface area contributed by atoms with E-state index in [1.165, 1.54) is 0 Å². The van der Waals surface area contributed by atoms with Crippen molar-refractivity contribution in [1.29, 1.82) is 0 Å². The molecular formula is C23H29N7O2. The van der Waals surface area contributed by atoms with Crippen molar-refractivity contribution in [2.75, 3.05) is 48.9 Å². The molecule has 3 heterocycles. The van der Waals surface area contributed by atoms with Crippen molar-refractivity contribution in [2.45, 2.75) is 37.8 Å². The highest BCUT2D eigenvalue weighted by Gasteiger charge is 2.24. The maximum atomic E-state index is 6.51. The van der Waals surface area contributed by atoms with Crippen LogP contribution in [0.1, 0.15) is 25.7 Å². The zero-order valence-corrected chi connectivity index (χ0v) is 18.3. The van der Waals surface area contributed by atoms with Gasteiger partial charge in [0, 0.05) is 56.5 Å². The van der Waals surface area contributed by atoms with Gasteiger partial charge in [-0.2, -0.15) is 4.98 Å². The summed E-state index contributed by atoms with van der Waals surface area (Å²) in [7, 11) is 1.82. The summed E-state index contributed by atoms with van der Waals surface area (Å²) in [5, 5.41) is 6.51. The predicted octanol–water partition coefficient (Wildman–Crippen LogP) is 3.10. The van der Waals surface area contributed by atoms with Crippen LogP contribution in [0.5, 0.6) is 5.75 Å². The Kier molecular flexibility index (Phi) is 6.15. The molecule has 0 bridgehead atoms. The molecule has 32 heavy (non-hydrogen) atoms. The van der Waals surface area contributed by atoms with E-state index in [2.05, 4.69) is 47.6 Å². The van der Waals surface area contributed by atoms with Gasteiger partial charge in [-0.15, -0.1) is 0 Å². The molecule has 1 saturated heterocycles. The molecule has 9 nitrogen and oxygen atoms in total. The summed E-state index contributed by atoms with van der Waals surface area (Å²) in [6, 6.07) is 6.51. The highest BCUT2D eigenvalue weighted by atomic mass is 16.5. The Hall–Kier alpha value is -3.20. The topological polar surface area (TPSA) is 97.3 Å². The molecule has 168 valence electrons. The lowest BCUT2D eigenvalue weighted by Crippen LogP contribution is -2.36. The summed E-state index contributed by atoms with van der Waals surface area (Å²) >= 11 is 0. The minimum atomic E-state index is 0.163. The van der Waals surface area contributed by atoms with Crippen molar-refractivity contribution in [2.24, 2.45) is 0 Å². The van der Waals surface area contributed by atoms with E-state index < -0.39 is 0 Å². The molecule has 1 saturated carbocycles. The van der Waals surface area contributed by atoms with Gasteiger partial charge in [0.15, 0.2) is 0 Å². The van der Waals surface area contributed by atoms with E-state index in [4.69, 9.17) is 9.47 Å². The van der Waals surface area contributed by atoms with Gasteiger partial charge in [0.05, 0.1) is 24.8 Å². The Balaban J connectivity index is 1.26. The van der Waals surface area contributed by atoms with Crippen molar-refractivity contribution in [1.82, 2.24) is 19.9 Å². The third-order valence-corrected chi connectivity index (χ3v) is 6.10. The van der Waals surface area contributed by atoms with Crippen LogP contribution < -0.4 is 20.3 Å². The largest absolute Gasteiger partial charge is 0.488 e. The molecule has 2 N–H and O–H groups in total. The normalized spacial score (nSPS) is 21.3. The smallest absolute Gasteiger partial charge is 0.224 e. The van der Waals surface area contributed by atoms with Crippen LogP contribution in [0.15, 0.2) is 36.8 Å². The van der Waals surface area contributed by atoms with Crippen molar-refractivity contribution in [3.8, 4) is 5.75 Å². The second kappa shape index (κ2) is 9.52. The maximum absolute atomic E-state index is 6.51. The van der Waals surface area contributed by atoms with Gasteiger partial charge in [-0.1, -0.05) is 0 Å². The van der Waals surface area contributed by atoms with E-state index in [1.807, 2.05) is 13.1 Å². The third kappa shape index (κ3) is 4.67. The average molecular weight is 436 g/mol. The number of anilines is 3. The average Bonchev–Trinajstić information content (AvgIpc) is 2.86. The Morgan fingerprint density at radius 3 is 2.62 bits per heavy atom. The van der Waals surface area contributed by atoms with Gasteiger partial charge in [0.25, 0.3) is 0 Å². The van der Waals surface area contributed by atoms with E-state index >= 15 is 0 Å². The first kappa shape index (κ1) is 20.7. The number of rotatable bonds is 6. The molecule has 1 aliphatic carbocycles. The molecule has 0 spiro atoms. The lowest BCUT2D eigenvalue weighted by Gasteiger charge is -2.31. The number of morpholine rings is 1. The first-order chi connectivity index (χ1) is 15.8. The molecule has 0 atom stereocenters. The van der Waals surface area contributed by atoms with Gasteiger partial charge < -0.3 is 25.0 Å². The van der Waals surface area contributed by atoms with E-state index in [0.29, 0.717) is 12.0 Å². The second-order valence-electron chi connectivity index (χ2n) is 8.22. The van der Waals surface area contributed by atoms with E-state index in [1.54, 1.807) is 18.6 Å². The standard InChI is InChI=1S/C23H29N7O2/c1-24-23-27-7-6-21(29-23)28-16-2-4-18(5-3-16)32-20-15-17(30-10-12-31-13-11-30)14-19-22(20)26-9-8-25-19/h6-9,14-16,18H,2-5,10-13H2,1H3,(H2,24,27,28,29)/t16-,18+. The van der Waals surface area contributed by atoms with E-state index in [9.17, 15) is 0 Å². The highest BCUT2D eigenvalue weighted by Crippen LogP contribution is 2.33. The van der Waals surface area contributed by atoms with Crippen molar-refractivity contribution < 1.29 is 9.47 Å². The van der Waals surface area contributed by atoms with Crippen LogP contribution in [-0.4, -0.2) is 65.4 Å². The lowest BCUT2D eigenvalue weighted by molar-refractivity contribution is 0.122. The molecule has 2 aromatic heterocycles. The van der Waals surface area contributed by atoms with Crippen LogP contribution in [-0.2, 0) is 4.74 Å². The number of aromatic nitrogens is 4. The molecule has 2 aliphatic rings. The zero-order valence-electron chi connectivity index (χ0n) is 18.3. The third-order valence-electron chi connectivity index (χ3n) is 6.10. The van der Waals surface area contributed by atoms with E-state index in [-0.39, 0.29) is 6.10 Å². The maximum Gasteiger partial charge on any atom is 0.224 e. The number of hydrogen-bond donors (Lipinski definition) is 2. The minimum absolute atomic E-state index is 0.163. The van der Waals surface area contributed by atoms with Gasteiger partial charge in [-0.3, -0.25) is 4.98 Å². The quantitative estimate of drug-likeness (QED) is 0.605. The number of nitrogens with zero attached hydrogens (tertiary/aromatic N) is 5. The van der Waals surface area contributed by atoms with Crippen LogP contribution in [0.4, 0.5) is 17.5 Å². The second-order valence-corrected chi connectivity index (χ2v) is 8.22. The van der Waals surface area contributed by atoms with Crippen LogP contribution in [0, 0.1) is 0 Å². The summed E-state index contributed by atoms with van der Waals surface area (Å²) in [4.78, 5) is 20.1. The monoisotopic (exact) mass is 435 g/mol. The van der Waals surface area contributed by atoms with Crippen LogP contribution >= 0.6 is 0 Å². The summed E-state index contributed by atoms with van der Waals surface area (Å²) in [6.45, 7) is 3.24. The summed E-state index contributed by atoms with van der Waals surface area (Å²) in [6.07, 6.45) is 9.40. The number of ether oxygens (including phenoxy) is 2. The molecule has 1 aliphatic heterocycles. The van der Waals surface area contributed by atoms with Gasteiger partial charge >= 0.3 is 0 Å². The number of nitrogens with one attached hydrogen (secondary N) is 2. The van der Waals surface area contributed by atoms with Gasteiger partial charge in [-0.05, 0) is 37.8 Å². The van der Waals surface area contributed by atoms with Gasteiger partial charge in [0.1, 0.15) is 17.1 Å². The Morgan fingerprint density at radius 1 is 1.00 bits per heavy atom. The fourth-order valence-electron chi connectivity index (χ4n) is 4.40. The number of fused-ring (bicyclic) bond motifs is 1. The van der Waals surface area contributed by atoms with Crippen LogP contribution in [0.25, 0.3) is 11.0 Å². The fourth-order valence-corrected chi connectivity index (χ4v) is 4.40. The Morgan fingerprint density at radius 2 is 1.81 bits per heavy atom. The van der Waals surface area contributed by atoms with Crippen molar-refractivity contribution in [3.05, 3.63) is 36.8 Å². The summed E-state index contributed by atoms with van der Waals surface area (Å²) in [5.74, 6) is 2.30. The highest BCUT2D eigenvalue weighted by molar-refractivity contribution is 5.85. The summed E-state index contributed by atoms with van der Waals surface area (Å²) in [5.41, 5.74) is 2.81. The van der Waals surface area contributed by atoms with Gasteiger partial charge in [0.2, 0.25) is 5.95 Å². The lowest BCUT2D eigenvalue weighted by atomic mass is 9.93. The van der Waals surface area contributed by atoms with Gasteiger partial charge in [-0.25, -0.2) is 9.97 Å². The molecule has 0 unspecified atom stereocenters. The fraction of sp³-hybridized carbons (Fsp3) is 0.478.